The third kappa shape index (κ3) is 3.28. The topological polar surface area (TPSA) is 73.4 Å². The highest BCUT2D eigenvalue weighted by atomic mass is 16.3. The molecule has 0 atom stereocenters. The van der Waals surface area contributed by atoms with Crippen LogP contribution in [0.5, 0.6) is 5.75 Å². The van der Waals surface area contributed by atoms with Crippen LogP contribution in [0.4, 0.5) is 0 Å². The number of carbonyl (C=O) groups excluding carboxylic acids is 2. The Bertz CT molecular complexity index is 710. The van der Waals surface area contributed by atoms with E-state index in [-0.39, 0.29) is 17.4 Å². The molecule has 2 heterocycles. The van der Waals surface area contributed by atoms with E-state index in [9.17, 15) is 14.7 Å². The number of phenolic OH excluding ortho intramolecular Hbond substituents is 1. The molecular weight excluding hydrogens is 292 g/mol. The highest BCUT2D eigenvalue weighted by Gasteiger charge is 2.25. The van der Waals surface area contributed by atoms with Crippen LogP contribution < -0.4 is 0 Å². The number of phenols is 1. The number of ketones is 1. The molecular formula is C18H20N2O3. The van der Waals surface area contributed by atoms with Crippen LogP contribution in [0, 0.1) is 0 Å². The molecule has 1 aliphatic heterocycles. The van der Waals surface area contributed by atoms with E-state index in [0.717, 1.165) is 12.8 Å². The lowest BCUT2D eigenvalue weighted by Gasteiger charge is -2.32. The fourth-order valence-electron chi connectivity index (χ4n) is 3.05. The summed E-state index contributed by atoms with van der Waals surface area (Å²) in [5.74, 6) is 0.582. The summed E-state index contributed by atoms with van der Waals surface area (Å²) in [5, 5.41) is 9.36. The van der Waals surface area contributed by atoms with Gasteiger partial charge < -0.3 is 15.0 Å². The number of piperidine rings is 1. The third-order valence-electron chi connectivity index (χ3n) is 4.47. The van der Waals surface area contributed by atoms with Gasteiger partial charge in [0.25, 0.3) is 5.91 Å². The molecule has 1 fully saturated rings. The number of hydrogen-bond acceptors (Lipinski definition) is 3. The number of aromatic nitrogens is 1. The van der Waals surface area contributed by atoms with Gasteiger partial charge in [-0.1, -0.05) is 12.1 Å². The normalized spacial score (nSPS) is 15.6. The van der Waals surface area contributed by atoms with Crippen molar-refractivity contribution in [3.8, 4) is 5.75 Å². The van der Waals surface area contributed by atoms with Crippen LogP contribution in [0.1, 0.15) is 52.1 Å². The Hall–Kier alpha value is -2.56. The molecule has 1 amide bonds. The standard InChI is InChI=1S/C18H20N2O3/c1-12(21)15-10-17(19-11-15)18(23)20-8-6-14(7-9-20)13-2-4-16(22)5-3-13/h2-5,10-11,14,19,22H,6-9H2,1H3. The molecule has 0 aliphatic carbocycles. The molecule has 2 N–H and O–H groups in total. The number of nitrogens with one attached hydrogen (secondary N) is 1. The molecule has 1 saturated heterocycles. The van der Waals surface area contributed by atoms with E-state index in [1.54, 1.807) is 24.4 Å². The lowest BCUT2D eigenvalue weighted by atomic mass is 9.89. The second-order valence-electron chi connectivity index (χ2n) is 6.02. The predicted molar refractivity (Wildman–Crippen MR) is 86.8 cm³/mol. The lowest BCUT2D eigenvalue weighted by Crippen LogP contribution is -2.38. The van der Waals surface area contributed by atoms with Gasteiger partial charge in [0.2, 0.25) is 0 Å². The number of amides is 1. The number of Topliss-reactive ketones (excluding diaryl/α,β-unsaturated/α-hetero) is 1. The lowest BCUT2D eigenvalue weighted by molar-refractivity contribution is 0.0707. The quantitative estimate of drug-likeness (QED) is 0.856. The molecule has 0 saturated carbocycles. The Morgan fingerprint density at radius 3 is 2.39 bits per heavy atom. The van der Waals surface area contributed by atoms with Gasteiger partial charge in [0.05, 0.1) is 0 Å². The molecule has 3 rings (SSSR count). The maximum Gasteiger partial charge on any atom is 0.270 e. The van der Waals surface area contributed by atoms with Crippen LogP contribution >= 0.6 is 0 Å². The second kappa shape index (κ2) is 6.28. The van der Waals surface area contributed by atoms with E-state index in [2.05, 4.69) is 4.98 Å². The van der Waals surface area contributed by atoms with Gasteiger partial charge in [-0.25, -0.2) is 0 Å². The van der Waals surface area contributed by atoms with Crippen LogP contribution in [0.25, 0.3) is 0 Å². The molecule has 120 valence electrons. The number of H-pyrrole nitrogens is 1. The maximum absolute atomic E-state index is 12.5. The fraction of sp³-hybridized carbons (Fsp3) is 0.333. The molecule has 0 radical (unpaired) electrons. The van der Waals surface area contributed by atoms with Crippen molar-refractivity contribution in [1.82, 2.24) is 9.88 Å². The first kappa shape index (κ1) is 15.3. The summed E-state index contributed by atoms with van der Waals surface area (Å²) >= 11 is 0. The first-order valence-corrected chi connectivity index (χ1v) is 7.82. The van der Waals surface area contributed by atoms with Crippen LogP contribution in [-0.4, -0.2) is 39.8 Å². The molecule has 5 heteroatoms. The largest absolute Gasteiger partial charge is 0.508 e. The summed E-state index contributed by atoms with van der Waals surface area (Å²) in [4.78, 5) is 28.5. The number of rotatable bonds is 3. The second-order valence-corrected chi connectivity index (χ2v) is 6.02. The monoisotopic (exact) mass is 312 g/mol. The highest BCUT2D eigenvalue weighted by molar-refractivity contribution is 5.99. The molecule has 23 heavy (non-hydrogen) atoms. The SMILES string of the molecule is CC(=O)c1c[nH]c(C(=O)N2CCC(c3ccc(O)cc3)CC2)c1. The number of likely N-dealkylation sites (tertiary alicyclic amines) is 1. The highest BCUT2D eigenvalue weighted by Crippen LogP contribution is 2.29. The predicted octanol–water partition coefficient (Wildman–Crippen LogP) is 2.94. The van der Waals surface area contributed by atoms with Gasteiger partial charge in [0.15, 0.2) is 5.78 Å². The molecule has 1 aliphatic rings. The van der Waals surface area contributed by atoms with Gasteiger partial charge in [0.1, 0.15) is 11.4 Å². The number of aromatic amines is 1. The van der Waals surface area contributed by atoms with Crippen LogP contribution in [0.15, 0.2) is 36.5 Å². The number of aromatic hydroxyl groups is 1. The van der Waals surface area contributed by atoms with Gasteiger partial charge >= 0.3 is 0 Å². The number of benzene rings is 1. The van der Waals surface area contributed by atoms with Crippen LogP contribution in [0.2, 0.25) is 0 Å². The number of hydrogen-bond donors (Lipinski definition) is 2. The van der Waals surface area contributed by atoms with Gasteiger partial charge in [-0.15, -0.1) is 0 Å². The average Bonchev–Trinajstić information content (AvgIpc) is 3.05. The summed E-state index contributed by atoms with van der Waals surface area (Å²) in [7, 11) is 0. The summed E-state index contributed by atoms with van der Waals surface area (Å²) in [6.45, 7) is 2.87. The Morgan fingerprint density at radius 1 is 1.17 bits per heavy atom. The first-order valence-electron chi connectivity index (χ1n) is 7.82. The zero-order valence-electron chi connectivity index (χ0n) is 13.1. The van der Waals surface area contributed by atoms with Crippen molar-refractivity contribution < 1.29 is 14.7 Å². The average molecular weight is 312 g/mol. The summed E-state index contributed by atoms with van der Waals surface area (Å²) in [6, 6.07) is 8.92. The Balaban J connectivity index is 1.62. The van der Waals surface area contributed by atoms with Gasteiger partial charge in [-0.2, -0.15) is 0 Å². The van der Waals surface area contributed by atoms with E-state index >= 15 is 0 Å². The molecule has 1 aromatic carbocycles. The molecule has 1 aromatic heterocycles. The summed E-state index contributed by atoms with van der Waals surface area (Å²) in [5.41, 5.74) is 2.21. The van der Waals surface area contributed by atoms with Crippen LogP contribution in [0.3, 0.4) is 0 Å². The van der Waals surface area contributed by atoms with Crippen molar-refractivity contribution in [3.05, 3.63) is 53.3 Å². The summed E-state index contributed by atoms with van der Waals surface area (Å²) < 4.78 is 0. The van der Waals surface area contributed by atoms with Crippen LogP contribution in [-0.2, 0) is 0 Å². The minimum atomic E-state index is -0.0540. The molecule has 0 unspecified atom stereocenters. The molecule has 5 nitrogen and oxygen atoms in total. The number of carbonyl (C=O) groups is 2. The van der Waals surface area contributed by atoms with Gasteiger partial charge in [-0.3, -0.25) is 9.59 Å². The minimum absolute atomic E-state index is 0.0497. The molecule has 0 bridgehead atoms. The van der Waals surface area contributed by atoms with E-state index in [1.807, 2.05) is 17.0 Å². The Kier molecular flexibility index (Phi) is 4.19. The van der Waals surface area contributed by atoms with Crippen molar-refractivity contribution in [2.24, 2.45) is 0 Å². The summed E-state index contributed by atoms with van der Waals surface area (Å²) in [6.07, 6.45) is 3.38. The fourth-order valence-corrected chi connectivity index (χ4v) is 3.05. The van der Waals surface area contributed by atoms with Gasteiger partial charge in [0, 0.05) is 24.8 Å². The van der Waals surface area contributed by atoms with Crippen molar-refractivity contribution in [2.45, 2.75) is 25.7 Å². The van der Waals surface area contributed by atoms with E-state index in [0.29, 0.717) is 30.3 Å². The van der Waals surface area contributed by atoms with E-state index in [4.69, 9.17) is 0 Å². The van der Waals surface area contributed by atoms with Crippen molar-refractivity contribution in [2.75, 3.05) is 13.1 Å². The number of nitrogens with zero attached hydrogens (tertiary/aromatic N) is 1. The maximum atomic E-state index is 12.5. The van der Waals surface area contributed by atoms with Crippen molar-refractivity contribution in [1.29, 1.82) is 0 Å². The van der Waals surface area contributed by atoms with Crippen molar-refractivity contribution >= 4 is 11.7 Å². The van der Waals surface area contributed by atoms with E-state index < -0.39 is 0 Å². The minimum Gasteiger partial charge on any atom is -0.508 e. The van der Waals surface area contributed by atoms with E-state index in [1.165, 1.54) is 12.5 Å². The third-order valence-corrected chi connectivity index (χ3v) is 4.47. The van der Waals surface area contributed by atoms with Crippen molar-refractivity contribution in [3.63, 3.8) is 0 Å². The van der Waals surface area contributed by atoms with Gasteiger partial charge in [-0.05, 0) is 49.4 Å². The Labute approximate surface area is 134 Å². The Morgan fingerprint density at radius 2 is 1.83 bits per heavy atom. The molecule has 2 aromatic rings. The smallest absolute Gasteiger partial charge is 0.270 e. The first-order chi connectivity index (χ1) is 11.0. The molecule has 0 spiro atoms. The zero-order valence-corrected chi connectivity index (χ0v) is 13.1. The zero-order chi connectivity index (χ0) is 16.4.